The Bertz CT molecular complexity index is 356. The van der Waals surface area contributed by atoms with Crippen molar-refractivity contribution in [1.29, 1.82) is 5.26 Å². The van der Waals surface area contributed by atoms with Gasteiger partial charge in [0.15, 0.2) is 5.92 Å². The maximum absolute atomic E-state index is 12.2. The van der Waals surface area contributed by atoms with Gasteiger partial charge in [-0.3, -0.25) is 4.98 Å². The highest BCUT2D eigenvalue weighted by molar-refractivity contribution is 5.03. The summed E-state index contributed by atoms with van der Waals surface area (Å²) in [7, 11) is 0. The second-order valence-corrected chi connectivity index (χ2v) is 3.18. The number of rotatable bonds is 4. The number of nitrogens with zero attached hydrogens (tertiary/aromatic N) is 2. The molecular formula is C10H10F3N3. The van der Waals surface area contributed by atoms with Crippen LogP contribution in [0.2, 0.25) is 0 Å². The molecule has 1 unspecified atom stereocenters. The largest absolute Gasteiger partial charge is 0.405 e. The number of aromatic nitrogens is 1. The van der Waals surface area contributed by atoms with Crippen molar-refractivity contribution in [3.05, 3.63) is 30.1 Å². The molecule has 1 N–H and O–H groups in total. The molecule has 0 aliphatic carbocycles. The van der Waals surface area contributed by atoms with Crippen molar-refractivity contribution in [2.45, 2.75) is 12.7 Å². The van der Waals surface area contributed by atoms with Gasteiger partial charge in [-0.05, 0) is 12.1 Å². The Morgan fingerprint density at radius 1 is 1.44 bits per heavy atom. The molecule has 0 bridgehead atoms. The molecular weight excluding hydrogens is 219 g/mol. The second-order valence-electron chi connectivity index (χ2n) is 3.18. The van der Waals surface area contributed by atoms with Crippen molar-refractivity contribution in [2.75, 3.05) is 6.54 Å². The van der Waals surface area contributed by atoms with Crippen LogP contribution in [0.3, 0.4) is 0 Å². The number of nitriles is 1. The molecule has 1 aromatic rings. The summed E-state index contributed by atoms with van der Waals surface area (Å²) in [4.78, 5) is 3.94. The summed E-state index contributed by atoms with van der Waals surface area (Å²) in [6, 6.07) is 6.38. The molecule has 0 aliphatic heterocycles. The molecule has 1 rings (SSSR count). The van der Waals surface area contributed by atoms with Crippen molar-refractivity contribution in [3.8, 4) is 6.07 Å². The van der Waals surface area contributed by atoms with Gasteiger partial charge in [-0.2, -0.15) is 18.4 Å². The molecule has 0 aromatic carbocycles. The van der Waals surface area contributed by atoms with Crippen molar-refractivity contribution >= 4 is 0 Å². The molecule has 0 saturated carbocycles. The monoisotopic (exact) mass is 229 g/mol. The number of nitrogens with one attached hydrogen (secondary N) is 1. The van der Waals surface area contributed by atoms with E-state index in [-0.39, 0.29) is 6.54 Å². The standard InChI is InChI=1S/C10H10F3N3/c11-10(12,13)8(5-14)6-15-7-9-3-1-2-4-16-9/h1-4,8,15H,6-7H2. The van der Waals surface area contributed by atoms with Gasteiger partial charge >= 0.3 is 6.18 Å². The molecule has 1 heterocycles. The van der Waals surface area contributed by atoms with Crippen LogP contribution in [0.1, 0.15) is 5.69 Å². The third kappa shape index (κ3) is 3.87. The maximum atomic E-state index is 12.2. The van der Waals surface area contributed by atoms with E-state index in [4.69, 9.17) is 5.26 Å². The zero-order chi connectivity index (χ0) is 12.0. The van der Waals surface area contributed by atoms with Crippen LogP contribution in [0.25, 0.3) is 0 Å². The lowest BCUT2D eigenvalue weighted by atomic mass is 10.1. The average Bonchev–Trinajstić information content (AvgIpc) is 2.24. The molecule has 1 atom stereocenters. The van der Waals surface area contributed by atoms with E-state index in [0.717, 1.165) is 0 Å². The van der Waals surface area contributed by atoms with E-state index in [9.17, 15) is 13.2 Å². The number of alkyl halides is 3. The molecule has 0 saturated heterocycles. The minimum Gasteiger partial charge on any atom is -0.310 e. The van der Waals surface area contributed by atoms with Crippen LogP contribution in [0.4, 0.5) is 13.2 Å². The SMILES string of the molecule is N#CC(CNCc1ccccn1)C(F)(F)F. The Labute approximate surface area is 90.9 Å². The first-order chi connectivity index (χ1) is 7.54. The van der Waals surface area contributed by atoms with Gasteiger partial charge in [0.05, 0.1) is 11.8 Å². The molecule has 0 aliphatic rings. The van der Waals surface area contributed by atoms with Crippen LogP contribution in [-0.4, -0.2) is 17.7 Å². The predicted molar refractivity (Wildman–Crippen MR) is 51.1 cm³/mol. The lowest BCUT2D eigenvalue weighted by Gasteiger charge is -2.13. The van der Waals surface area contributed by atoms with Crippen LogP contribution >= 0.6 is 0 Å². The van der Waals surface area contributed by atoms with Crippen molar-refractivity contribution in [2.24, 2.45) is 5.92 Å². The maximum Gasteiger partial charge on any atom is 0.405 e. The van der Waals surface area contributed by atoms with Gasteiger partial charge in [0.1, 0.15) is 0 Å². The average molecular weight is 229 g/mol. The van der Waals surface area contributed by atoms with Gasteiger partial charge in [-0.15, -0.1) is 0 Å². The molecule has 86 valence electrons. The minimum atomic E-state index is -4.48. The van der Waals surface area contributed by atoms with Gasteiger partial charge in [-0.25, -0.2) is 0 Å². The molecule has 1 aromatic heterocycles. The number of halogens is 3. The fourth-order valence-corrected chi connectivity index (χ4v) is 1.08. The van der Waals surface area contributed by atoms with E-state index >= 15 is 0 Å². The Morgan fingerprint density at radius 3 is 2.69 bits per heavy atom. The Morgan fingerprint density at radius 2 is 2.19 bits per heavy atom. The smallest absolute Gasteiger partial charge is 0.310 e. The number of hydrogen-bond acceptors (Lipinski definition) is 3. The van der Waals surface area contributed by atoms with Gasteiger partial charge in [0.2, 0.25) is 0 Å². The molecule has 3 nitrogen and oxygen atoms in total. The van der Waals surface area contributed by atoms with E-state index in [1.165, 1.54) is 6.07 Å². The van der Waals surface area contributed by atoms with Crippen LogP contribution in [0, 0.1) is 17.2 Å². The highest BCUT2D eigenvalue weighted by atomic mass is 19.4. The molecule has 0 spiro atoms. The van der Waals surface area contributed by atoms with E-state index in [0.29, 0.717) is 5.69 Å². The topological polar surface area (TPSA) is 48.7 Å². The molecule has 0 fully saturated rings. The summed E-state index contributed by atoms with van der Waals surface area (Å²) in [5.41, 5.74) is 0.640. The molecule has 0 radical (unpaired) electrons. The van der Waals surface area contributed by atoms with Crippen molar-refractivity contribution in [3.63, 3.8) is 0 Å². The van der Waals surface area contributed by atoms with Crippen LogP contribution in [-0.2, 0) is 6.54 Å². The van der Waals surface area contributed by atoms with E-state index in [1.54, 1.807) is 24.4 Å². The van der Waals surface area contributed by atoms with E-state index in [1.807, 2.05) is 0 Å². The summed E-state index contributed by atoms with van der Waals surface area (Å²) in [6.07, 6.45) is -2.92. The summed E-state index contributed by atoms with van der Waals surface area (Å²) in [5.74, 6) is -1.98. The number of pyridine rings is 1. The summed E-state index contributed by atoms with van der Waals surface area (Å²) >= 11 is 0. The van der Waals surface area contributed by atoms with Crippen LogP contribution in [0.5, 0.6) is 0 Å². The zero-order valence-electron chi connectivity index (χ0n) is 8.33. The lowest BCUT2D eigenvalue weighted by molar-refractivity contribution is -0.157. The third-order valence-electron chi connectivity index (χ3n) is 1.93. The third-order valence-corrected chi connectivity index (χ3v) is 1.93. The summed E-state index contributed by atoms with van der Waals surface area (Å²) in [6.45, 7) is -0.203. The van der Waals surface area contributed by atoms with Gasteiger partial charge < -0.3 is 5.32 Å². The summed E-state index contributed by atoms with van der Waals surface area (Å²) < 4.78 is 36.5. The van der Waals surface area contributed by atoms with E-state index in [2.05, 4.69) is 10.3 Å². The second kappa shape index (κ2) is 5.47. The van der Waals surface area contributed by atoms with E-state index < -0.39 is 18.6 Å². The first-order valence-corrected chi connectivity index (χ1v) is 4.61. The lowest BCUT2D eigenvalue weighted by Crippen LogP contribution is -2.32. The normalized spacial score (nSPS) is 13.1. The quantitative estimate of drug-likeness (QED) is 0.857. The first-order valence-electron chi connectivity index (χ1n) is 4.61. The van der Waals surface area contributed by atoms with Gasteiger partial charge in [0.25, 0.3) is 0 Å². The predicted octanol–water partition coefficient (Wildman–Crippen LogP) is 1.87. The van der Waals surface area contributed by atoms with Crippen LogP contribution < -0.4 is 5.32 Å². The Hall–Kier alpha value is -1.61. The fourth-order valence-electron chi connectivity index (χ4n) is 1.08. The van der Waals surface area contributed by atoms with Crippen molar-refractivity contribution < 1.29 is 13.2 Å². The van der Waals surface area contributed by atoms with Gasteiger partial charge in [0, 0.05) is 19.3 Å². The fraction of sp³-hybridized carbons (Fsp3) is 0.400. The van der Waals surface area contributed by atoms with Crippen LogP contribution in [0.15, 0.2) is 24.4 Å². The highest BCUT2D eigenvalue weighted by Gasteiger charge is 2.39. The highest BCUT2D eigenvalue weighted by Crippen LogP contribution is 2.24. The Kier molecular flexibility index (Phi) is 4.26. The van der Waals surface area contributed by atoms with Crippen molar-refractivity contribution in [1.82, 2.24) is 10.3 Å². The molecule has 16 heavy (non-hydrogen) atoms. The minimum absolute atomic E-state index is 0.217. The molecule has 6 heteroatoms. The zero-order valence-corrected chi connectivity index (χ0v) is 8.33. The molecule has 0 amide bonds. The van der Waals surface area contributed by atoms with Gasteiger partial charge in [-0.1, -0.05) is 6.07 Å². The Balaban J connectivity index is 2.39. The first kappa shape index (κ1) is 12.5. The summed E-state index contributed by atoms with van der Waals surface area (Å²) in [5, 5.41) is 10.9. The number of hydrogen-bond donors (Lipinski definition) is 1.